The Balaban J connectivity index is -0.00000120. The van der Waals surface area contributed by atoms with Crippen LogP contribution in [0.2, 0.25) is 0 Å². The molecule has 0 atom stereocenters. The van der Waals surface area contributed by atoms with Gasteiger partial charge in [-0.3, -0.25) is 9.59 Å². The normalized spacial score (nSPS) is 10.7. The van der Waals surface area contributed by atoms with Crippen LogP contribution in [-0.2, 0) is 14.3 Å². The smallest absolute Gasteiger partial charge is 1.00 e. The fourth-order valence-corrected chi connectivity index (χ4v) is 5.51. The van der Waals surface area contributed by atoms with E-state index in [1.807, 2.05) is 0 Å². The molecule has 0 aliphatic carbocycles. The van der Waals surface area contributed by atoms with Gasteiger partial charge < -0.3 is 7.59 Å². The standard InChI is InChI=1S/C36H70O3.2Li.2H/c1-3-5-7-9-11-13-15-17-19-21-23-25-27-29-31-33-35(37)39-36(38)34-32-30-28-26-24-22-20-18-16-14-12-10-8-6-4-2;;;;/h3-34H2,1-2H3;;;;/q;2*+1;2*-1. The molecular formula is C36H72Li2O3. The number of carbonyl (C=O) groups is 2. The average Bonchev–Trinajstić information content (AvgIpc) is 2.93. The second kappa shape index (κ2) is 40.3. The first-order chi connectivity index (χ1) is 19.2. The predicted octanol–water partition coefficient (Wildman–Crippen LogP) is 6.81. The SMILES string of the molecule is CCCCCCCCCCCCCCCCCC(=O)OC(=O)CCCCCCCCCCCCCCCCC.[H-].[H-].[Li+].[Li+]. The van der Waals surface area contributed by atoms with Crippen LogP contribution < -0.4 is 37.7 Å². The number of ether oxygens (including phenoxy) is 1. The van der Waals surface area contributed by atoms with Crippen LogP contribution in [0.1, 0.15) is 222 Å². The maximum Gasteiger partial charge on any atom is 1.00 e. The Labute approximate surface area is 285 Å². The van der Waals surface area contributed by atoms with E-state index < -0.39 is 0 Å². The molecule has 0 aliphatic heterocycles. The van der Waals surface area contributed by atoms with Crippen molar-refractivity contribution >= 4 is 11.9 Å². The fraction of sp³-hybridized carbons (Fsp3) is 0.944. The minimum atomic E-state index is -0.323. The molecule has 0 aromatic rings. The zero-order chi connectivity index (χ0) is 28.5. The molecule has 41 heavy (non-hydrogen) atoms. The van der Waals surface area contributed by atoms with Gasteiger partial charge in [0.15, 0.2) is 0 Å². The third-order valence-corrected chi connectivity index (χ3v) is 8.20. The van der Waals surface area contributed by atoms with Crippen molar-refractivity contribution in [3.05, 3.63) is 0 Å². The van der Waals surface area contributed by atoms with Crippen LogP contribution in [-0.4, -0.2) is 11.9 Å². The first-order valence-electron chi connectivity index (χ1n) is 17.9. The maximum atomic E-state index is 11.9. The van der Waals surface area contributed by atoms with Gasteiger partial charge in [0.05, 0.1) is 0 Å². The number of esters is 2. The van der Waals surface area contributed by atoms with Gasteiger partial charge >= 0.3 is 49.7 Å². The third-order valence-electron chi connectivity index (χ3n) is 8.20. The third kappa shape index (κ3) is 40.3. The summed E-state index contributed by atoms with van der Waals surface area (Å²) < 4.78 is 5.01. The summed E-state index contributed by atoms with van der Waals surface area (Å²) in [4.78, 5) is 23.8. The Morgan fingerprint density at radius 3 is 0.707 bits per heavy atom. The summed E-state index contributed by atoms with van der Waals surface area (Å²) in [6, 6.07) is 0. The van der Waals surface area contributed by atoms with Gasteiger partial charge in [0.1, 0.15) is 0 Å². The number of hydrogen-bond donors (Lipinski definition) is 0. The molecule has 0 saturated carbocycles. The quantitative estimate of drug-likeness (QED) is 0.0389. The van der Waals surface area contributed by atoms with Gasteiger partial charge in [0.2, 0.25) is 0 Å². The molecule has 0 heterocycles. The van der Waals surface area contributed by atoms with E-state index in [0.717, 1.165) is 25.7 Å². The summed E-state index contributed by atoms with van der Waals surface area (Å²) in [5.41, 5.74) is 0. The van der Waals surface area contributed by atoms with Crippen LogP contribution in [0.4, 0.5) is 0 Å². The van der Waals surface area contributed by atoms with Crippen LogP contribution in [0.5, 0.6) is 0 Å². The Hall–Kier alpha value is 0.335. The number of rotatable bonds is 32. The summed E-state index contributed by atoms with van der Waals surface area (Å²) in [6.45, 7) is 4.55. The van der Waals surface area contributed by atoms with Crippen LogP contribution in [0.15, 0.2) is 0 Å². The van der Waals surface area contributed by atoms with Crippen molar-refractivity contribution < 1.29 is 54.9 Å². The molecule has 0 saturated heterocycles. The van der Waals surface area contributed by atoms with E-state index in [-0.39, 0.29) is 52.5 Å². The molecule has 3 nitrogen and oxygen atoms in total. The van der Waals surface area contributed by atoms with Crippen molar-refractivity contribution in [3.8, 4) is 0 Å². The van der Waals surface area contributed by atoms with E-state index in [9.17, 15) is 9.59 Å². The van der Waals surface area contributed by atoms with E-state index in [1.54, 1.807) is 0 Å². The van der Waals surface area contributed by atoms with E-state index in [0.29, 0.717) is 12.8 Å². The molecule has 236 valence electrons. The number of hydrogen-bond acceptors (Lipinski definition) is 3. The van der Waals surface area contributed by atoms with Gasteiger partial charge in [-0.2, -0.15) is 0 Å². The molecule has 0 bridgehead atoms. The molecule has 0 amide bonds. The monoisotopic (exact) mass is 567 g/mol. The topological polar surface area (TPSA) is 43.4 Å². The average molecular weight is 567 g/mol. The zero-order valence-electron chi connectivity index (χ0n) is 30.9. The van der Waals surface area contributed by atoms with Gasteiger partial charge in [-0.25, -0.2) is 0 Å². The van der Waals surface area contributed by atoms with Crippen molar-refractivity contribution in [1.29, 1.82) is 0 Å². The number of unbranched alkanes of at least 4 members (excludes halogenated alkanes) is 28. The van der Waals surface area contributed by atoms with Gasteiger partial charge in [0.25, 0.3) is 0 Å². The summed E-state index contributed by atoms with van der Waals surface area (Å²) in [6.07, 6.45) is 40.1. The van der Waals surface area contributed by atoms with Crippen molar-refractivity contribution in [2.45, 2.75) is 219 Å². The van der Waals surface area contributed by atoms with E-state index in [1.165, 1.54) is 167 Å². The Bertz CT molecular complexity index is 481. The second-order valence-electron chi connectivity index (χ2n) is 12.2. The van der Waals surface area contributed by atoms with Gasteiger partial charge in [-0.1, -0.05) is 194 Å². The Kier molecular flexibility index (Phi) is 45.0. The predicted molar refractivity (Wildman–Crippen MR) is 172 cm³/mol. The molecule has 0 unspecified atom stereocenters. The van der Waals surface area contributed by atoms with Gasteiger partial charge in [-0.15, -0.1) is 0 Å². The summed E-state index contributed by atoms with van der Waals surface area (Å²) >= 11 is 0. The molecule has 0 aromatic carbocycles. The van der Waals surface area contributed by atoms with Crippen molar-refractivity contribution in [1.82, 2.24) is 0 Å². The summed E-state index contributed by atoms with van der Waals surface area (Å²) in [5.74, 6) is -0.647. The van der Waals surface area contributed by atoms with Crippen LogP contribution in [0, 0.1) is 0 Å². The molecule has 0 N–H and O–H groups in total. The zero-order valence-corrected chi connectivity index (χ0v) is 28.9. The number of carbonyl (C=O) groups excluding carboxylic acids is 2. The molecule has 0 radical (unpaired) electrons. The largest absolute Gasteiger partial charge is 1.00 e. The summed E-state index contributed by atoms with van der Waals surface area (Å²) in [5, 5.41) is 0. The van der Waals surface area contributed by atoms with Crippen LogP contribution in [0.3, 0.4) is 0 Å². The molecule has 0 spiro atoms. The van der Waals surface area contributed by atoms with Crippen molar-refractivity contribution in [2.75, 3.05) is 0 Å². The van der Waals surface area contributed by atoms with Gasteiger partial charge in [0, 0.05) is 12.8 Å². The van der Waals surface area contributed by atoms with Crippen molar-refractivity contribution in [3.63, 3.8) is 0 Å². The molecular weight excluding hydrogens is 494 g/mol. The van der Waals surface area contributed by atoms with Gasteiger partial charge in [-0.05, 0) is 12.8 Å². The minimum absolute atomic E-state index is 0. The first kappa shape index (κ1) is 45.8. The maximum absolute atomic E-state index is 11.9. The molecule has 0 fully saturated rings. The van der Waals surface area contributed by atoms with E-state index >= 15 is 0 Å². The summed E-state index contributed by atoms with van der Waals surface area (Å²) in [7, 11) is 0. The van der Waals surface area contributed by atoms with E-state index in [4.69, 9.17) is 4.74 Å². The van der Waals surface area contributed by atoms with Crippen molar-refractivity contribution in [2.24, 2.45) is 0 Å². The molecule has 0 rings (SSSR count). The molecule has 5 heteroatoms. The second-order valence-corrected chi connectivity index (χ2v) is 12.2. The van der Waals surface area contributed by atoms with Crippen LogP contribution >= 0.6 is 0 Å². The minimum Gasteiger partial charge on any atom is -1.00 e. The molecule has 0 aliphatic rings. The molecule has 0 aromatic heterocycles. The fourth-order valence-electron chi connectivity index (χ4n) is 5.51. The van der Waals surface area contributed by atoms with E-state index in [2.05, 4.69) is 13.8 Å². The first-order valence-corrected chi connectivity index (χ1v) is 17.9. The Morgan fingerprint density at radius 2 is 0.512 bits per heavy atom. The Morgan fingerprint density at radius 1 is 0.341 bits per heavy atom. The van der Waals surface area contributed by atoms with Crippen LogP contribution in [0.25, 0.3) is 0 Å².